The minimum Gasteiger partial charge on any atom is -0.307 e. The predicted molar refractivity (Wildman–Crippen MR) is 84.0 cm³/mol. The Hall–Kier alpha value is -0.310. The van der Waals surface area contributed by atoms with E-state index in [9.17, 15) is 4.39 Å². The summed E-state index contributed by atoms with van der Waals surface area (Å²) in [7, 11) is 0. The molecule has 1 saturated carbocycles. The van der Waals surface area contributed by atoms with E-state index in [0.717, 1.165) is 12.8 Å². The van der Waals surface area contributed by atoms with Crippen molar-refractivity contribution in [2.24, 2.45) is 5.41 Å². The second kappa shape index (κ2) is 6.21. The quantitative estimate of drug-likeness (QED) is 0.700. The summed E-state index contributed by atoms with van der Waals surface area (Å²) in [5.74, 6) is -0.413. The third-order valence-corrected chi connectivity index (χ3v) is 4.92. The largest absolute Gasteiger partial charge is 0.307 e. The fourth-order valence-electron chi connectivity index (χ4n) is 3.22. The third-order valence-electron chi connectivity index (χ3n) is 4.20. The summed E-state index contributed by atoms with van der Waals surface area (Å²) in [5, 5.41) is 4.22. The average Bonchev–Trinajstić information content (AvgIpc) is 2.33. The average molecular weight is 318 g/mol. The zero-order valence-corrected chi connectivity index (χ0v) is 13.8. The highest BCUT2D eigenvalue weighted by Crippen LogP contribution is 2.37. The van der Waals surface area contributed by atoms with Gasteiger partial charge in [0, 0.05) is 22.7 Å². The Balaban J connectivity index is 2.12. The zero-order chi connectivity index (χ0) is 14.9. The Kier molecular flexibility index (Phi) is 4.99. The third kappa shape index (κ3) is 3.66. The van der Waals surface area contributed by atoms with E-state index in [4.69, 9.17) is 23.2 Å². The molecule has 1 aliphatic carbocycles. The molecule has 0 bridgehead atoms. The molecule has 2 unspecified atom stereocenters. The van der Waals surface area contributed by atoms with Gasteiger partial charge in [0.2, 0.25) is 0 Å². The van der Waals surface area contributed by atoms with Crippen LogP contribution in [0.1, 0.15) is 58.1 Å². The molecule has 2 rings (SSSR count). The van der Waals surface area contributed by atoms with Gasteiger partial charge in [-0.3, -0.25) is 0 Å². The molecule has 2 atom stereocenters. The van der Waals surface area contributed by atoms with Gasteiger partial charge in [-0.15, -0.1) is 0 Å². The van der Waals surface area contributed by atoms with Crippen molar-refractivity contribution >= 4 is 23.2 Å². The van der Waals surface area contributed by atoms with Gasteiger partial charge < -0.3 is 5.32 Å². The highest BCUT2D eigenvalue weighted by Gasteiger charge is 2.29. The summed E-state index contributed by atoms with van der Waals surface area (Å²) < 4.78 is 13.6. The number of nitrogens with one attached hydrogen (secondary N) is 1. The van der Waals surface area contributed by atoms with Crippen LogP contribution in [0.2, 0.25) is 10.0 Å². The number of hydrogen-bond acceptors (Lipinski definition) is 1. The second-order valence-corrected chi connectivity index (χ2v) is 7.39. The van der Waals surface area contributed by atoms with E-state index in [2.05, 4.69) is 19.2 Å². The first-order chi connectivity index (χ1) is 9.30. The van der Waals surface area contributed by atoms with Crippen LogP contribution in [0.3, 0.4) is 0 Å². The van der Waals surface area contributed by atoms with E-state index in [-0.39, 0.29) is 11.1 Å². The van der Waals surface area contributed by atoms with Gasteiger partial charge >= 0.3 is 0 Å². The molecule has 1 N–H and O–H groups in total. The maximum absolute atomic E-state index is 13.6. The van der Waals surface area contributed by atoms with Crippen LogP contribution in [-0.4, -0.2) is 6.04 Å². The number of rotatable bonds is 3. The summed E-state index contributed by atoms with van der Waals surface area (Å²) in [6.45, 7) is 6.59. The topological polar surface area (TPSA) is 12.0 Å². The van der Waals surface area contributed by atoms with Crippen molar-refractivity contribution in [1.29, 1.82) is 0 Å². The van der Waals surface area contributed by atoms with Gasteiger partial charge in [-0.1, -0.05) is 43.5 Å². The van der Waals surface area contributed by atoms with Gasteiger partial charge in [-0.05, 0) is 43.7 Å². The highest BCUT2D eigenvalue weighted by atomic mass is 35.5. The Labute approximate surface area is 130 Å². The number of hydrogen-bond donors (Lipinski definition) is 1. The Morgan fingerprint density at radius 2 is 2.05 bits per heavy atom. The molecule has 1 aromatic rings. The Bertz CT molecular complexity index is 488. The van der Waals surface area contributed by atoms with Crippen molar-refractivity contribution in [2.75, 3.05) is 0 Å². The smallest absolute Gasteiger partial charge is 0.142 e. The van der Waals surface area contributed by atoms with E-state index in [1.54, 1.807) is 6.07 Å². The van der Waals surface area contributed by atoms with Gasteiger partial charge in [-0.2, -0.15) is 0 Å². The zero-order valence-electron chi connectivity index (χ0n) is 12.3. The summed E-state index contributed by atoms with van der Waals surface area (Å²) in [6, 6.07) is 3.26. The van der Waals surface area contributed by atoms with Crippen molar-refractivity contribution in [3.8, 4) is 0 Å². The van der Waals surface area contributed by atoms with Crippen LogP contribution in [0.25, 0.3) is 0 Å². The molecular formula is C16H22Cl2FN. The molecule has 0 spiro atoms. The highest BCUT2D eigenvalue weighted by molar-refractivity contribution is 6.36. The first kappa shape index (κ1) is 16.1. The molecule has 1 aromatic carbocycles. The molecule has 0 amide bonds. The van der Waals surface area contributed by atoms with Gasteiger partial charge in [0.1, 0.15) is 5.82 Å². The van der Waals surface area contributed by atoms with Crippen LogP contribution < -0.4 is 5.32 Å². The minimum atomic E-state index is -0.413. The van der Waals surface area contributed by atoms with Crippen molar-refractivity contribution in [2.45, 2.75) is 58.5 Å². The molecule has 4 heteroatoms. The molecule has 112 valence electrons. The standard InChI is InChI=1S/C16H22Cl2FN/c1-10(14-12(17)6-7-13(19)15(14)18)20-11-5-4-8-16(2,3)9-11/h6-7,10-11,20H,4-5,8-9H2,1-3H3. The molecule has 0 aliphatic heterocycles. The van der Waals surface area contributed by atoms with E-state index >= 15 is 0 Å². The predicted octanol–water partition coefficient (Wildman–Crippen LogP) is 5.75. The normalized spacial score (nSPS) is 23.6. The maximum atomic E-state index is 13.6. The summed E-state index contributed by atoms with van der Waals surface area (Å²) in [5.41, 5.74) is 1.03. The molecule has 1 nitrogen and oxygen atoms in total. The fraction of sp³-hybridized carbons (Fsp3) is 0.625. The molecule has 0 radical (unpaired) electrons. The molecule has 0 heterocycles. The van der Waals surface area contributed by atoms with E-state index in [0.29, 0.717) is 22.0 Å². The van der Waals surface area contributed by atoms with Gasteiger partial charge in [-0.25, -0.2) is 4.39 Å². The Morgan fingerprint density at radius 3 is 2.70 bits per heavy atom. The van der Waals surface area contributed by atoms with E-state index < -0.39 is 5.82 Å². The van der Waals surface area contributed by atoms with Crippen molar-refractivity contribution in [1.82, 2.24) is 5.32 Å². The first-order valence-corrected chi connectivity index (χ1v) is 7.95. The lowest BCUT2D eigenvalue weighted by molar-refractivity contribution is 0.191. The monoisotopic (exact) mass is 317 g/mol. The number of halogens is 3. The fourth-order valence-corrected chi connectivity index (χ4v) is 3.91. The van der Waals surface area contributed by atoms with Crippen LogP contribution in [-0.2, 0) is 0 Å². The van der Waals surface area contributed by atoms with E-state index in [1.165, 1.54) is 18.9 Å². The van der Waals surface area contributed by atoms with Crippen LogP contribution >= 0.6 is 23.2 Å². The molecule has 1 aliphatic rings. The molecule has 0 saturated heterocycles. The minimum absolute atomic E-state index is 0.0513. The molecular weight excluding hydrogens is 296 g/mol. The maximum Gasteiger partial charge on any atom is 0.142 e. The van der Waals surface area contributed by atoms with Crippen molar-refractivity contribution < 1.29 is 4.39 Å². The number of benzene rings is 1. The lowest BCUT2D eigenvalue weighted by Crippen LogP contribution is -2.38. The van der Waals surface area contributed by atoms with Crippen LogP contribution in [0, 0.1) is 11.2 Å². The van der Waals surface area contributed by atoms with Gasteiger partial charge in [0.15, 0.2) is 0 Å². The van der Waals surface area contributed by atoms with Crippen molar-refractivity contribution in [3.63, 3.8) is 0 Å². The molecule has 20 heavy (non-hydrogen) atoms. The summed E-state index contributed by atoms with van der Waals surface area (Å²) >= 11 is 12.2. The molecule has 1 fully saturated rings. The van der Waals surface area contributed by atoms with Crippen LogP contribution in [0.4, 0.5) is 4.39 Å². The first-order valence-electron chi connectivity index (χ1n) is 7.19. The second-order valence-electron chi connectivity index (χ2n) is 6.60. The van der Waals surface area contributed by atoms with Gasteiger partial charge in [0.25, 0.3) is 0 Å². The van der Waals surface area contributed by atoms with E-state index in [1.807, 2.05) is 6.92 Å². The van der Waals surface area contributed by atoms with Crippen LogP contribution in [0.5, 0.6) is 0 Å². The van der Waals surface area contributed by atoms with Gasteiger partial charge in [0.05, 0.1) is 5.02 Å². The SMILES string of the molecule is CC(NC1CCCC(C)(C)C1)c1c(Cl)ccc(F)c1Cl. The van der Waals surface area contributed by atoms with Crippen molar-refractivity contribution in [3.05, 3.63) is 33.6 Å². The molecule has 0 aromatic heterocycles. The summed E-state index contributed by atoms with van der Waals surface area (Å²) in [4.78, 5) is 0. The lowest BCUT2D eigenvalue weighted by Gasteiger charge is -2.37. The summed E-state index contributed by atoms with van der Waals surface area (Å²) in [6.07, 6.45) is 4.77. The Morgan fingerprint density at radius 1 is 1.35 bits per heavy atom. The van der Waals surface area contributed by atoms with Crippen LogP contribution in [0.15, 0.2) is 12.1 Å². The lowest BCUT2D eigenvalue weighted by atomic mass is 9.75.